The predicted molar refractivity (Wildman–Crippen MR) is 81.7 cm³/mol. The van der Waals surface area contributed by atoms with Crippen LogP contribution in [0.25, 0.3) is 0 Å². The molecule has 1 amide bonds. The van der Waals surface area contributed by atoms with E-state index >= 15 is 0 Å². The lowest BCUT2D eigenvalue weighted by Gasteiger charge is -2.24. The number of carbonyl (C=O) groups excluding carboxylic acids is 1. The van der Waals surface area contributed by atoms with Gasteiger partial charge in [0.15, 0.2) is 12.1 Å². The van der Waals surface area contributed by atoms with Gasteiger partial charge < -0.3 is 14.3 Å². The van der Waals surface area contributed by atoms with Crippen LogP contribution >= 0.6 is 0 Å². The molecule has 0 radical (unpaired) electrons. The van der Waals surface area contributed by atoms with Crippen LogP contribution in [0.1, 0.15) is 55.0 Å². The van der Waals surface area contributed by atoms with Crippen LogP contribution < -0.4 is 5.32 Å². The van der Waals surface area contributed by atoms with Crippen molar-refractivity contribution in [2.45, 2.75) is 58.5 Å². The Morgan fingerprint density at radius 1 is 1.45 bits per heavy atom. The Balaban J connectivity index is 1.71. The van der Waals surface area contributed by atoms with Crippen molar-refractivity contribution in [2.75, 3.05) is 0 Å². The molecule has 0 fully saturated rings. The van der Waals surface area contributed by atoms with E-state index in [4.69, 9.17) is 9.40 Å². The molecular formula is C16H22N4O2. The van der Waals surface area contributed by atoms with Gasteiger partial charge in [0.1, 0.15) is 11.6 Å². The molecule has 2 aromatic heterocycles. The fourth-order valence-corrected chi connectivity index (χ4v) is 2.70. The van der Waals surface area contributed by atoms with Crippen LogP contribution in [0.3, 0.4) is 0 Å². The van der Waals surface area contributed by atoms with Gasteiger partial charge in [0, 0.05) is 30.6 Å². The molecule has 0 aromatic carbocycles. The number of carbonyl (C=O) groups is 1. The monoisotopic (exact) mass is 302 g/mol. The fourth-order valence-electron chi connectivity index (χ4n) is 2.70. The van der Waals surface area contributed by atoms with Crippen LogP contribution in [0.4, 0.5) is 0 Å². The maximum Gasteiger partial charge on any atom is 0.273 e. The number of imidazole rings is 1. The third-order valence-corrected chi connectivity index (χ3v) is 4.06. The van der Waals surface area contributed by atoms with E-state index < -0.39 is 0 Å². The van der Waals surface area contributed by atoms with Gasteiger partial charge in [-0.1, -0.05) is 20.8 Å². The summed E-state index contributed by atoms with van der Waals surface area (Å²) in [6, 6.07) is 0.0955. The summed E-state index contributed by atoms with van der Waals surface area (Å²) in [6.45, 7) is 8.98. The maximum absolute atomic E-state index is 12.2. The van der Waals surface area contributed by atoms with Crippen molar-refractivity contribution in [1.82, 2.24) is 19.9 Å². The lowest BCUT2D eigenvalue weighted by molar-refractivity contribution is 0.0921. The maximum atomic E-state index is 12.2. The van der Waals surface area contributed by atoms with Crippen LogP contribution in [0.2, 0.25) is 0 Å². The molecule has 6 heteroatoms. The normalized spacial score (nSPS) is 18.1. The highest BCUT2D eigenvalue weighted by Gasteiger charge is 2.26. The first-order valence-electron chi connectivity index (χ1n) is 7.62. The SMILES string of the molecule is Cc1ocnc1C(=O)N[C@@H]1CCc2nc(C(C)(C)C)cn2C1. The molecule has 3 heterocycles. The molecule has 2 aromatic rings. The minimum atomic E-state index is -0.170. The van der Waals surface area contributed by atoms with Crippen LogP contribution in [-0.2, 0) is 18.4 Å². The molecule has 0 spiro atoms. The molecule has 3 rings (SSSR count). The lowest BCUT2D eigenvalue weighted by Crippen LogP contribution is -2.41. The van der Waals surface area contributed by atoms with E-state index in [0.29, 0.717) is 11.5 Å². The van der Waals surface area contributed by atoms with Crippen molar-refractivity contribution >= 4 is 5.91 Å². The van der Waals surface area contributed by atoms with E-state index in [1.807, 2.05) is 0 Å². The first-order chi connectivity index (χ1) is 10.3. The van der Waals surface area contributed by atoms with Crippen LogP contribution in [0, 0.1) is 6.92 Å². The Morgan fingerprint density at radius 3 is 2.86 bits per heavy atom. The summed E-state index contributed by atoms with van der Waals surface area (Å²) in [5.74, 6) is 1.48. The summed E-state index contributed by atoms with van der Waals surface area (Å²) < 4.78 is 7.24. The number of fused-ring (bicyclic) bond motifs is 1. The van der Waals surface area contributed by atoms with Gasteiger partial charge in [-0.05, 0) is 13.3 Å². The predicted octanol–water partition coefficient (Wildman–Crippen LogP) is 2.22. The summed E-state index contributed by atoms with van der Waals surface area (Å²) in [6.07, 6.45) is 5.17. The van der Waals surface area contributed by atoms with Crippen molar-refractivity contribution in [2.24, 2.45) is 0 Å². The number of aromatic nitrogens is 3. The second kappa shape index (κ2) is 5.26. The van der Waals surface area contributed by atoms with Crippen molar-refractivity contribution < 1.29 is 9.21 Å². The molecule has 0 aliphatic carbocycles. The minimum Gasteiger partial charge on any atom is -0.448 e. The first-order valence-corrected chi connectivity index (χ1v) is 7.62. The molecule has 22 heavy (non-hydrogen) atoms. The van der Waals surface area contributed by atoms with Gasteiger partial charge in [0.2, 0.25) is 0 Å². The third kappa shape index (κ3) is 2.77. The molecule has 0 bridgehead atoms. The van der Waals surface area contributed by atoms with E-state index in [1.54, 1.807) is 6.92 Å². The summed E-state index contributed by atoms with van der Waals surface area (Å²) in [4.78, 5) is 20.9. The number of amides is 1. The largest absolute Gasteiger partial charge is 0.448 e. The highest BCUT2D eigenvalue weighted by molar-refractivity contribution is 5.93. The van der Waals surface area contributed by atoms with E-state index in [9.17, 15) is 4.79 Å². The Bertz CT molecular complexity index is 693. The van der Waals surface area contributed by atoms with Gasteiger partial charge >= 0.3 is 0 Å². The molecule has 0 saturated carbocycles. The molecule has 1 atom stereocenters. The zero-order valence-electron chi connectivity index (χ0n) is 13.5. The summed E-state index contributed by atoms with van der Waals surface area (Å²) in [5, 5.41) is 3.04. The lowest BCUT2D eigenvalue weighted by atomic mass is 9.93. The van der Waals surface area contributed by atoms with Gasteiger partial charge in [-0.3, -0.25) is 4.79 Å². The minimum absolute atomic E-state index is 0.0426. The van der Waals surface area contributed by atoms with Gasteiger partial charge in [-0.2, -0.15) is 0 Å². The molecule has 1 aliphatic heterocycles. The number of hydrogen-bond donors (Lipinski definition) is 1. The van der Waals surface area contributed by atoms with Gasteiger partial charge in [-0.25, -0.2) is 9.97 Å². The van der Waals surface area contributed by atoms with Crippen LogP contribution in [0.15, 0.2) is 17.0 Å². The summed E-state index contributed by atoms with van der Waals surface area (Å²) in [5.41, 5.74) is 1.51. The van der Waals surface area contributed by atoms with Crippen LogP contribution in [0.5, 0.6) is 0 Å². The quantitative estimate of drug-likeness (QED) is 0.923. The average Bonchev–Trinajstić information content (AvgIpc) is 3.03. The van der Waals surface area contributed by atoms with Crippen molar-refractivity contribution in [3.63, 3.8) is 0 Å². The number of oxazole rings is 1. The number of nitrogens with zero attached hydrogens (tertiary/aromatic N) is 3. The molecule has 1 aliphatic rings. The topological polar surface area (TPSA) is 73.0 Å². The molecule has 0 saturated heterocycles. The standard InChI is InChI=1S/C16H22N4O2/c1-10-14(17-9-22-10)15(21)18-11-5-6-13-19-12(16(2,3)4)8-20(13)7-11/h8-9,11H,5-7H2,1-4H3,(H,18,21)/t11-/m1/s1. The van der Waals surface area contributed by atoms with E-state index in [2.05, 4.69) is 41.8 Å². The third-order valence-electron chi connectivity index (χ3n) is 4.06. The molecule has 118 valence electrons. The number of hydrogen-bond acceptors (Lipinski definition) is 4. The molecular weight excluding hydrogens is 280 g/mol. The van der Waals surface area contributed by atoms with Crippen LogP contribution in [-0.4, -0.2) is 26.5 Å². The zero-order chi connectivity index (χ0) is 15.9. The summed E-state index contributed by atoms with van der Waals surface area (Å²) in [7, 11) is 0. The van der Waals surface area contributed by atoms with Crippen molar-refractivity contribution in [1.29, 1.82) is 0 Å². The van der Waals surface area contributed by atoms with Gasteiger partial charge in [0.05, 0.1) is 5.69 Å². The summed E-state index contributed by atoms with van der Waals surface area (Å²) >= 11 is 0. The number of nitrogens with one attached hydrogen (secondary N) is 1. The van der Waals surface area contributed by atoms with Gasteiger partial charge in [-0.15, -0.1) is 0 Å². The van der Waals surface area contributed by atoms with Crippen molar-refractivity contribution in [3.8, 4) is 0 Å². The average molecular weight is 302 g/mol. The number of rotatable bonds is 2. The second-order valence-corrected chi connectivity index (χ2v) is 6.91. The highest BCUT2D eigenvalue weighted by atomic mass is 16.3. The Hall–Kier alpha value is -2.11. The Kier molecular flexibility index (Phi) is 3.54. The smallest absolute Gasteiger partial charge is 0.273 e. The highest BCUT2D eigenvalue weighted by Crippen LogP contribution is 2.24. The fraction of sp³-hybridized carbons (Fsp3) is 0.562. The van der Waals surface area contributed by atoms with Gasteiger partial charge in [0.25, 0.3) is 5.91 Å². The number of aryl methyl sites for hydroxylation is 2. The molecule has 6 nitrogen and oxygen atoms in total. The van der Waals surface area contributed by atoms with E-state index in [-0.39, 0.29) is 17.4 Å². The Morgan fingerprint density at radius 2 is 2.23 bits per heavy atom. The van der Waals surface area contributed by atoms with E-state index in [1.165, 1.54) is 6.39 Å². The second-order valence-electron chi connectivity index (χ2n) is 6.91. The van der Waals surface area contributed by atoms with E-state index in [0.717, 1.165) is 30.9 Å². The van der Waals surface area contributed by atoms with Crippen molar-refractivity contribution in [3.05, 3.63) is 35.6 Å². The molecule has 1 N–H and O–H groups in total. The zero-order valence-corrected chi connectivity index (χ0v) is 13.5. The Labute approximate surface area is 129 Å². The first kappa shape index (κ1) is 14.8. The molecule has 0 unspecified atom stereocenters.